The van der Waals surface area contributed by atoms with E-state index in [0.717, 1.165) is 22.2 Å². The van der Waals surface area contributed by atoms with Gasteiger partial charge in [0.05, 0.1) is 22.4 Å². The molecule has 0 atom stereocenters. The molecule has 1 aromatic carbocycles. The van der Waals surface area contributed by atoms with Gasteiger partial charge in [-0.05, 0) is 30.0 Å². The number of hydrogen-bond acceptors (Lipinski definition) is 4. The van der Waals surface area contributed by atoms with Crippen LogP contribution in [0.5, 0.6) is 0 Å². The summed E-state index contributed by atoms with van der Waals surface area (Å²) in [4.78, 5) is 16.7. The number of carbonyl (C=O) groups excluding carboxylic acids is 1. The SMILES string of the molecule is CSCc1cccnc1C(=O)Nc1ccc2[nH]ncc2c1Cl. The molecule has 0 aliphatic carbocycles. The lowest BCUT2D eigenvalue weighted by Crippen LogP contribution is -2.16. The van der Waals surface area contributed by atoms with Gasteiger partial charge in [-0.2, -0.15) is 16.9 Å². The Morgan fingerprint density at radius 1 is 1.41 bits per heavy atom. The Bertz CT molecular complexity index is 833. The van der Waals surface area contributed by atoms with Crippen LogP contribution in [0.2, 0.25) is 5.02 Å². The van der Waals surface area contributed by atoms with Crippen molar-refractivity contribution in [1.29, 1.82) is 0 Å². The molecule has 2 heterocycles. The summed E-state index contributed by atoms with van der Waals surface area (Å²) in [5, 5.41) is 10.8. The second-order valence-electron chi connectivity index (χ2n) is 4.66. The Morgan fingerprint density at radius 3 is 3.09 bits per heavy atom. The van der Waals surface area contributed by atoms with E-state index in [1.165, 1.54) is 0 Å². The molecule has 0 saturated carbocycles. The van der Waals surface area contributed by atoms with Crippen molar-refractivity contribution in [1.82, 2.24) is 15.2 Å². The zero-order valence-electron chi connectivity index (χ0n) is 11.8. The molecule has 1 amide bonds. The standard InChI is InChI=1S/C15H13ClN4OS/c1-22-8-9-3-2-6-17-14(9)15(21)19-12-5-4-11-10(13(12)16)7-18-20-11/h2-7H,8H2,1H3,(H,18,20)(H,19,21). The van der Waals surface area contributed by atoms with Crippen molar-refractivity contribution in [2.45, 2.75) is 5.75 Å². The highest BCUT2D eigenvalue weighted by atomic mass is 35.5. The van der Waals surface area contributed by atoms with Crippen LogP contribution in [0.15, 0.2) is 36.7 Å². The maximum atomic E-state index is 12.5. The van der Waals surface area contributed by atoms with Gasteiger partial charge in [0.1, 0.15) is 5.69 Å². The highest BCUT2D eigenvalue weighted by molar-refractivity contribution is 7.97. The summed E-state index contributed by atoms with van der Waals surface area (Å²) >= 11 is 7.96. The molecule has 22 heavy (non-hydrogen) atoms. The fourth-order valence-corrected chi connectivity index (χ4v) is 2.98. The number of benzene rings is 1. The number of carbonyl (C=O) groups is 1. The minimum atomic E-state index is -0.269. The molecule has 0 aliphatic heterocycles. The Morgan fingerprint density at radius 2 is 2.27 bits per heavy atom. The van der Waals surface area contributed by atoms with E-state index in [0.29, 0.717) is 16.4 Å². The number of nitrogens with zero attached hydrogens (tertiary/aromatic N) is 2. The van der Waals surface area contributed by atoms with Gasteiger partial charge in [0.25, 0.3) is 5.91 Å². The van der Waals surface area contributed by atoms with Crippen LogP contribution < -0.4 is 5.32 Å². The molecular weight excluding hydrogens is 320 g/mol. The number of hydrogen-bond donors (Lipinski definition) is 2. The van der Waals surface area contributed by atoms with Crippen LogP contribution in [-0.2, 0) is 5.75 Å². The van der Waals surface area contributed by atoms with E-state index in [-0.39, 0.29) is 5.91 Å². The lowest BCUT2D eigenvalue weighted by Gasteiger charge is -2.10. The third-order valence-electron chi connectivity index (χ3n) is 3.21. The zero-order valence-corrected chi connectivity index (χ0v) is 13.3. The van der Waals surface area contributed by atoms with E-state index in [2.05, 4.69) is 20.5 Å². The monoisotopic (exact) mass is 332 g/mol. The Kier molecular flexibility index (Phi) is 4.31. The molecule has 0 fully saturated rings. The minimum absolute atomic E-state index is 0.269. The van der Waals surface area contributed by atoms with E-state index in [1.54, 1.807) is 30.2 Å². The number of pyridine rings is 1. The summed E-state index contributed by atoms with van der Waals surface area (Å²) in [6.07, 6.45) is 5.23. The van der Waals surface area contributed by atoms with Crippen molar-refractivity contribution in [3.8, 4) is 0 Å². The van der Waals surface area contributed by atoms with Gasteiger partial charge in [-0.3, -0.25) is 14.9 Å². The van der Waals surface area contributed by atoms with Gasteiger partial charge in [0, 0.05) is 17.3 Å². The topological polar surface area (TPSA) is 70.7 Å². The maximum absolute atomic E-state index is 12.5. The normalized spacial score (nSPS) is 10.8. The number of halogens is 1. The Hall–Kier alpha value is -2.05. The van der Waals surface area contributed by atoms with Crippen LogP contribution in [0.1, 0.15) is 16.1 Å². The smallest absolute Gasteiger partial charge is 0.274 e. The molecule has 3 rings (SSSR count). The number of fused-ring (bicyclic) bond motifs is 1. The van der Waals surface area contributed by atoms with Crippen molar-refractivity contribution in [3.63, 3.8) is 0 Å². The average Bonchev–Trinajstić information content (AvgIpc) is 3.00. The maximum Gasteiger partial charge on any atom is 0.274 e. The molecule has 0 bridgehead atoms. The van der Waals surface area contributed by atoms with E-state index >= 15 is 0 Å². The predicted molar refractivity (Wildman–Crippen MR) is 90.5 cm³/mol. The zero-order chi connectivity index (χ0) is 15.5. The Balaban J connectivity index is 1.91. The van der Waals surface area contributed by atoms with E-state index < -0.39 is 0 Å². The molecule has 0 spiro atoms. The molecule has 2 N–H and O–H groups in total. The second-order valence-corrected chi connectivity index (χ2v) is 5.90. The molecule has 2 aromatic heterocycles. The summed E-state index contributed by atoms with van der Waals surface area (Å²) in [7, 11) is 0. The van der Waals surface area contributed by atoms with Crippen LogP contribution in [0.25, 0.3) is 10.9 Å². The number of nitrogens with one attached hydrogen (secondary N) is 2. The van der Waals surface area contributed by atoms with Gasteiger partial charge in [0.2, 0.25) is 0 Å². The van der Waals surface area contributed by atoms with Crippen LogP contribution in [0.3, 0.4) is 0 Å². The van der Waals surface area contributed by atoms with E-state index in [4.69, 9.17) is 11.6 Å². The lowest BCUT2D eigenvalue weighted by atomic mass is 10.2. The molecule has 0 aliphatic rings. The van der Waals surface area contributed by atoms with Crippen LogP contribution in [-0.4, -0.2) is 27.3 Å². The van der Waals surface area contributed by atoms with Gasteiger partial charge in [-0.1, -0.05) is 17.7 Å². The third kappa shape index (κ3) is 2.80. The number of H-pyrrole nitrogens is 1. The van der Waals surface area contributed by atoms with Crippen molar-refractivity contribution < 1.29 is 4.79 Å². The first-order valence-electron chi connectivity index (χ1n) is 6.56. The fourth-order valence-electron chi connectivity index (χ4n) is 2.18. The first kappa shape index (κ1) is 14.9. The first-order chi connectivity index (χ1) is 10.7. The third-order valence-corrected chi connectivity index (χ3v) is 4.22. The average molecular weight is 333 g/mol. The largest absolute Gasteiger partial charge is 0.319 e. The van der Waals surface area contributed by atoms with Crippen molar-refractivity contribution in [2.75, 3.05) is 11.6 Å². The number of rotatable bonds is 4. The molecule has 0 radical (unpaired) electrons. The van der Waals surface area contributed by atoms with Crippen LogP contribution in [0.4, 0.5) is 5.69 Å². The first-order valence-corrected chi connectivity index (χ1v) is 8.33. The summed E-state index contributed by atoms with van der Waals surface area (Å²) < 4.78 is 0. The van der Waals surface area contributed by atoms with Gasteiger partial charge >= 0.3 is 0 Å². The number of amides is 1. The van der Waals surface area contributed by atoms with Gasteiger partial charge in [-0.15, -0.1) is 0 Å². The summed E-state index contributed by atoms with van der Waals surface area (Å²) in [6.45, 7) is 0. The van der Waals surface area contributed by atoms with Crippen molar-refractivity contribution in [3.05, 3.63) is 52.9 Å². The summed E-state index contributed by atoms with van der Waals surface area (Å²) in [5.41, 5.74) is 2.68. The number of anilines is 1. The van der Waals surface area contributed by atoms with E-state index in [1.807, 2.05) is 24.5 Å². The van der Waals surface area contributed by atoms with Crippen LogP contribution >= 0.6 is 23.4 Å². The number of thioether (sulfide) groups is 1. The van der Waals surface area contributed by atoms with Crippen molar-refractivity contribution >= 4 is 45.9 Å². The number of aromatic amines is 1. The predicted octanol–water partition coefficient (Wildman–Crippen LogP) is 3.73. The molecule has 3 aromatic rings. The van der Waals surface area contributed by atoms with Gasteiger partial charge < -0.3 is 5.32 Å². The lowest BCUT2D eigenvalue weighted by molar-refractivity contribution is 0.102. The van der Waals surface area contributed by atoms with Crippen LogP contribution in [0, 0.1) is 0 Å². The molecule has 0 unspecified atom stereocenters. The molecule has 0 saturated heterocycles. The summed E-state index contributed by atoms with van der Waals surface area (Å²) in [5.74, 6) is 0.458. The van der Waals surface area contributed by atoms with E-state index in [9.17, 15) is 4.79 Å². The second kappa shape index (κ2) is 6.37. The highest BCUT2D eigenvalue weighted by Crippen LogP contribution is 2.30. The van der Waals surface area contributed by atoms with Gasteiger partial charge in [-0.25, -0.2) is 0 Å². The molecule has 5 nitrogen and oxygen atoms in total. The quantitative estimate of drug-likeness (QED) is 0.763. The molecule has 7 heteroatoms. The Labute approximate surface area is 136 Å². The summed E-state index contributed by atoms with van der Waals surface area (Å²) in [6, 6.07) is 7.30. The number of aromatic nitrogens is 3. The molecular formula is C15H13ClN4OS. The highest BCUT2D eigenvalue weighted by Gasteiger charge is 2.15. The molecule has 112 valence electrons. The fraction of sp³-hybridized carbons (Fsp3) is 0.133. The minimum Gasteiger partial charge on any atom is -0.319 e. The van der Waals surface area contributed by atoms with Gasteiger partial charge in [0.15, 0.2) is 0 Å². The van der Waals surface area contributed by atoms with Crippen molar-refractivity contribution in [2.24, 2.45) is 0 Å².